The van der Waals surface area contributed by atoms with Crippen molar-refractivity contribution in [2.45, 2.75) is 71.3 Å². The summed E-state index contributed by atoms with van der Waals surface area (Å²) in [6.07, 6.45) is 10.6. The highest BCUT2D eigenvalue weighted by Gasteiger charge is 2.35. The molecule has 0 spiro atoms. The van der Waals surface area contributed by atoms with Gasteiger partial charge in [0, 0.05) is 0 Å². The number of nitrogens with zero attached hydrogens (tertiary/aromatic N) is 1. The number of rotatable bonds is 11. The maximum atomic E-state index is 12.7. The van der Waals surface area contributed by atoms with Crippen LogP contribution in [0.3, 0.4) is 0 Å². The normalized spacial score (nSPS) is 14.6. The van der Waals surface area contributed by atoms with Gasteiger partial charge in [-0.05, 0) is 24.0 Å². The minimum Gasteiger partial charge on any atom is -0.449 e. The van der Waals surface area contributed by atoms with Crippen molar-refractivity contribution in [2.75, 3.05) is 13.2 Å². The van der Waals surface area contributed by atoms with Crippen LogP contribution in [0, 0.1) is 0 Å². The third kappa shape index (κ3) is 6.39. The molecule has 1 aliphatic rings. The predicted octanol–water partition coefficient (Wildman–Crippen LogP) is 6.49. The van der Waals surface area contributed by atoms with Gasteiger partial charge >= 0.3 is 12.2 Å². The van der Waals surface area contributed by atoms with Crippen LogP contribution in [0.5, 0.6) is 0 Å². The van der Waals surface area contributed by atoms with Crippen LogP contribution in [0.15, 0.2) is 30.3 Å². The predicted molar refractivity (Wildman–Crippen MR) is 111 cm³/mol. The molecule has 0 saturated carbocycles. The first-order valence-electron chi connectivity index (χ1n) is 10.6. The van der Waals surface area contributed by atoms with Crippen LogP contribution in [0.1, 0.15) is 82.4 Å². The van der Waals surface area contributed by atoms with Gasteiger partial charge in [0.05, 0.1) is 19.3 Å². The number of hydrogen-bond donors (Lipinski definition) is 0. The molecule has 0 bridgehead atoms. The lowest BCUT2D eigenvalue weighted by atomic mass is 10.1. The highest BCUT2D eigenvalue weighted by molar-refractivity contribution is 5.89. The van der Waals surface area contributed by atoms with Gasteiger partial charge in [-0.3, -0.25) is 0 Å². The first-order chi connectivity index (χ1) is 13.7. The lowest BCUT2D eigenvalue weighted by Crippen LogP contribution is -2.40. The first-order valence-corrected chi connectivity index (χ1v) is 10.6. The van der Waals surface area contributed by atoms with Gasteiger partial charge in [0.15, 0.2) is 0 Å². The molecule has 154 valence electrons. The summed E-state index contributed by atoms with van der Waals surface area (Å²) in [6.45, 7) is 4.90. The van der Waals surface area contributed by atoms with Crippen molar-refractivity contribution in [2.24, 2.45) is 0 Å². The Balaban J connectivity index is 2.00. The standard InChI is InChI=1S/C23H33NO4/c1-3-5-7-11-17-27-22(25)24(23(26)28-18-12-8-6-4-2)21-16-15-19-13-9-10-14-20(19)21/h9-10,13-16,21H,3-8,11-12,17-18H2,1-2H3. The van der Waals surface area contributed by atoms with E-state index in [1.165, 1.54) is 0 Å². The Kier molecular flexibility index (Phi) is 9.60. The molecule has 0 aromatic heterocycles. The van der Waals surface area contributed by atoms with Gasteiger partial charge in [0.25, 0.3) is 0 Å². The molecule has 1 aromatic rings. The fraction of sp³-hybridized carbons (Fsp3) is 0.565. The lowest BCUT2D eigenvalue weighted by molar-refractivity contribution is 0.0672. The number of benzene rings is 1. The molecule has 1 aromatic carbocycles. The fourth-order valence-corrected chi connectivity index (χ4v) is 3.27. The van der Waals surface area contributed by atoms with Crippen LogP contribution in [-0.2, 0) is 9.47 Å². The summed E-state index contributed by atoms with van der Waals surface area (Å²) >= 11 is 0. The van der Waals surface area contributed by atoms with Crippen LogP contribution in [0.25, 0.3) is 6.08 Å². The van der Waals surface area contributed by atoms with E-state index in [0.717, 1.165) is 67.4 Å². The maximum absolute atomic E-state index is 12.7. The maximum Gasteiger partial charge on any atom is 0.420 e. The van der Waals surface area contributed by atoms with Crippen LogP contribution < -0.4 is 0 Å². The van der Waals surface area contributed by atoms with Crippen molar-refractivity contribution >= 4 is 18.3 Å². The van der Waals surface area contributed by atoms with Gasteiger partial charge in [-0.2, -0.15) is 0 Å². The lowest BCUT2D eigenvalue weighted by Gasteiger charge is -2.25. The average molecular weight is 388 g/mol. The minimum atomic E-state index is -0.638. The Labute approximate surface area is 168 Å². The zero-order valence-electron chi connectivity index (χ0n) is 17.2. The quantitative estimate of drug-likeness (QED) is 0.407. The second-order valence-corrected chi connectivity index (χ2v) is 7.15. The molecule has 28 heavy (non-hydrogen) atoms. The van der Waals surface area contributed by atoms with Crippen molar-refractivity contribution < 1.29 is 19.1 Å². The van der Waals surface area contributed by atoms with Crippen LogP contribution >= 0.6 is 0 Å². The average Bonchev–Trinajstić information content (AvgIpc) is 3.12. The van der Waals surface area contributed by atoms with Gasteiger partial charge < -0.3 is 9.47 Å². The Hall–Kier alpha value is -2.30. The summed E-state index contributed by atoms with van der Waals surface area (Å²) in [5.41, 5.74) is 1.91. The summed E-state index contributed by atoms with van der Waals surface area (Å²) < 4.78 is 10.8. The number of hydrogen-bond acceptors (Lipinski definition) is 4. The van der Waals surface area contributed by atoms with Crippen LogP contribution in [0.2, 0.25) is 0 Å². The van der Waals surface area contributed by atoms with E-state index in [9.17, 15) is 9.59 Å². The zero-order valence-corrected chi connectivity index (χ0v) is 17.2. The fourth-order valence-electron chi connectivity index (χ4n) is 3.27. The third-order valence-corrected chi connectivity index (χ3v) is 4.89. The Morgan fingerprint density at radius 2 is 1.43 bits per heavy atom. The number of carbonyl (C=O) groups excluding carboxylic acids is 2. The van der Waals surface area contributed by atoms with E-state index in [1.807, 2.05) is 36.4 Å². The van der Waals surface area contributed by atoms with E-state index in [4.69, 9.17) is 9.47 Å². The number of carbonyl (C=O) groups is 2. The van der Waals surface area contributed by atoms with Gasteiger partial charge in [-0.1, -0.05) is 88.8 Å². The van der Waals surface area contributed by atoms with Gasteiger partial charge in [0.2, 0.25) is 0 Å². The third-order valence-electron chi connectivity index (χ3n) is 4.89. The second-order valence-electron chi connectivity index (χ2n) is 7.15. The summed E-state index contributed by atoms with van der Waals surface area (Å²) in [5.74, 6) is 0. The molecule has 0 radical (unpaired) electrons. The summed E-state index contributed by atoms with van der Waals surface area (Å²) in [7, 11) is 0. The molecule has 0 saturated heterocycles. The molecule has 2 rings (SSSR count). The van der Waals surface area contributed by atoms with E-state index in [1.54, 1.807) is 0 Å². The topological polar surface area (TPSA) is 55.8 Å². The summed E-state index contributed by atoms with van der Waals surface area (Å²) in [5, 5.41) is 0. The van der Waals surface area contributed by atoms with Crippen molar-refractivity contribution in [1.82, 2.24) is 4.90 Å². The summed E-state index contributed by atoms with van der Waals surface area (Å²) in [6, 6.07) is 7.26. The van der Waals surface area contributed by atoms with E-state index < -0.39 is 18.2 Å². The number of imide groups is 1. The number of ether oxygens (including phenoxy) is 2. The highest BCUT2D eigenvalue weighted by atomic mass is 16.6. The highest BCUT2D eigenvalue weighted by Crippen LogP contribution is 2.33. The molecule has 2 amide bonds. The van der Waals surface area contributed by atoms with Crippen LogP contribution in [0.4, 0.5) is 9.59 Å². The Bertz CT molecular complexity index is 630. The number of fused-ring (bicyclic) bond motifs is 1. The van der Waals surface area contributed by atoms with Crippen molar-refractivity contribution in [3.05, 3.63) is 41.5 Å². The van der Waals surface area contributed by atoms with Crippen molar-refractivity contribution in [3.8, 4) is 0 Å². The van der Waals surface area contributed by atoms with E-state index >= 15 is 0 Å². The molecule has 0 N–H and O–H groups in total. The molecule has 0 heterocycles. The molecule has 0 aliphatic heterocycles. The largest absolute Gasteiger partial charge is 0.449 e. The van der Waals surface area contributed by atoms with Gasteiger partial charge in [0.1, 0.15) is 0 Å². The molecule has 1 aliphatic carbocycles. The molecule has 1 atom stereocenters. The smallest absolute Gasteiger partial charge is 0.420 e. The Morgan fingerprint density at radius 3 is 2.00 bits per heavy atom. The van der Waals surface area contributed by atoms with Gasteiger partial charge in [-0.25, -0.2) is 14.5 Å². The van der Waals surface area contributed by atoms with E-state index in [-0.39, 0.29) is 0 Å². The van der Waals surface area contributed by atoms with Gasteiger partial charge in [-0.15, -0.1) is 0 Å². The summed E-state index contributed by atoms with van der Waals surface area (Å²) in [4.78, 5) is 26.5. The molecular formula is C23H33NO4. The van der Waals surface area contributed by atoms with E-state index in [0.29, 0.717) is 13.2 Å². The molecule has 5 heteroatoms. The zero-order chi connectivity index (χ0) is 20.2. The molecular weight excluding hydrogens is 354 g/mol. The Morgan fingerprint density at radius 1 is 0.857 bits per heavy atom. The van der Waals surface area contributed by atoms with Crippen molar-refractivity contribution in [3.63, 3.8) is 0 Å². The minimum absolute atomic E-state index is 0.317. The number of unbranched alkanes of at least 4 members (excludes halogenated alkanes) is 6. The second kappa shape index (κ2) is 12.2. The SMILES string of the molecule is CCCCCCOC(=O)N(C(=O)OCCCCCC)C1C=Cc2ccccc21. The van der Waals surface area contributed by atoms with Crippen LogP contribution in [-0.4, -0.2) is 30.3 Å². The first kappa shape index (κ1) is 22.0. The molecule has 1 unspecified atom stereocenters. The monoisotopic (exact) mass is 387 g/mol. The number of amides is 2. The molecule has 5 nitrogen and oxygen atoms in total. The molecule has 0 fully saturated rings. The van der Waals surface area contributed by atoms with Crippen molar-refractivity contribution in [1.29, 1.82) is 0 Å². The van der Waals surface area contributed by atoms with E-state index in [2.05, 4.69) is 13.8 Å².